The smallest absolute Gasteiger partial charge is 0.276 e. The molecule has 6 nitrogen and oxygen atoms in total. The lowest BCUT2D eigenvalue weighted by Gasteiger charge is -2.34. The first-order valence-electron chi connectivity index (χ1n) is 5.80. The van der Waals surface area contributed by atoms with Crippen LogP contribution in [0.1, 0.15) is 6.92 Å². The predicted molar refractivity (Wildman–Crippen MR) is 74.6 cm³/mol. The van der Waals surface area contributed by atoms with Crippen molar-refractivity contribution in [2.75, 3.05) is 35.3 Å². The van der Waals surface area contributed by atoms with Gasteiger partial charge in [-0.25, -0.2) is 4.98 Å². The Labute approximate surface area is 110 Å². The van der Waals surface area contributed by atoms with Crippen molar-refractivity contribution in [3.05, 3.63) is 22.2 Å². The van der Waals surface area contributed by atoms with E-state index in [1.807, 2.05) is 11.8 Å². The number of hydrogen-bond donors (Lipinski definition) is 1. The minimum atomic E-state index is -0.380. The molecule has 0 radical (unpaired) electrons. The highest BCUT2D eigenvalue weighted by atomic mass is 32.2. The second kappa shape index (κ2) is 5.43. The van der Waals surface area contributed by atoms with Gasteiger partial charge in [0.1, 0.15) is 11.6 Å². The highest BCUT2D eigenvalue weighted by Gasteiger charge is 2.22. The first-order valence-corrected chi connectivity index (χ1v) is 6.96. The van der Waals surface area contributed by atoms with Crippen molar-refractivity contribution >= 4 is 29.1 Å². The van der Waals surface area contributed by atoms with Gasteiger partial charge in [-0.3, -0.25) is 10.1 Å². The molecule has 0 spiro atoms. The van der Waals surface area contributed by atoms with Crippen LogP contribution in [0.15, 0.2) is 12.1 Å². The number of aromatic nitrogens is 1. The minimum Gasteiger partial charge on any atom is -0.373 e. The van der Waals surface area contributed by atoms with Crippen LogP contribution < -0.4 is 10.2 Å². The van der Waals surface area contributed by atoms with Crippen LogP contribution in [0.25, 0.3) is 0 Å². The van der Waals surface area contributed by atoms with Crippen molar-refractivity contribution < 1.29 is 4.92 Å². The number of nitro groups is 1. The van der Waals surface area contributed by atoms with E-state index in [0.717, 1.165) is 18.1 Å². The average molecular weight is 268 g/mol. The van der Waals surface area contributed by atoms with E-state index in [1.165, 1.54) is 6.07 Å². The molecule has 0 bridgehead atoms. The zero-order valence-corrected chi connectivity index (χ0v) is 11.2. The molecule has 1 aliphatic rings. The second-order valence-corrected chi connectivity index (χ2v) is 5.34. The molecule has 1 aromatic heterocycles. The third kappa shape index (κ3) is 2.66. The van der Waals surface area contributed by atoms with E-state index in [1.54, 1.807) is 13.1 Å². The van der Waals surface area contributed by atoms with Crippen molar-refractivity contribution in [2.45, 2.75) is 13.0 Å². The van der Waals surface area contributed by atoms with Gasteiger partial charge in [0, 0.05) is 31.1 Å². The Morgan fingerprint density at radius 1 is 1.61 bits per heavy atom. The fourth-order valence-corrected chi connectivity index (χ4v) is 2.96. The van der Waals surface area contributed by atoms with Crippen LogP contribution in [-0.4, -0.2) is 41.0 Å². The molecule has 0 aliphatic carbocycles. The lowest BCUT2D eigenvalue weighted by Crippen LogP contribution is -2.40. The van der Waals surface area contributed by atoms with E-state index >= 15 is 0 Å². The maximum absolute atomic E-state index is 10.9. The van der Waals surface area contributed by atoms with Crippen LogP contribution >= 0.6 is 11.8 Å². The summed E-state index contributed by atoms with van der Waals surface area (Å²) in [5.41, 5.74) is 0.0785. The van der Waals surface area contributed by atoms with E-state index in [4.69, 9.17) is 0 Å². The summed E-state index contributed by atoms with van der Waals surface area (Å²) < 4.78 is 0. The summed E-state index contributed by atoms with van der Waals surface area (Å²) in [6.07, 6.45) is 0. The Bertz CT molecular complexity index is 455. The first kappa shape index (κ1) is 12.9. The monoisotopic (exact) mass is 268 g/mol. The summed E-state index contributed by atoms with van der Waals surface area (Å²) >= 11 is 1.90. The second-order valence-electron chi connectivity index (χ2n) is 4.19. The number of nitrogens with zero attached hydrogens (tertiary/aromatic N) is 3. The van der Waals surface area contributed by atoms with Gasteiger partial charge in [-0.2, -0.15) is 11.8 Å². The Hall–Kier alpha value is -1.50. The lowest BCUT2D eigenvalue weighted by atomic mass is 10.2. The summed E-state index contributed by atoms with van der Waals surface area (Å²) in [5.74, 6) is 3.27. The number of hydrogen-bond acceptors (Lipinski definition) is 6. The van der Waals surface area contributed by atoms with Gasteiger partial charge in [-0.05, 0) is 6.92 Å². The van der Waals surface area contributed by atoms with Crippen LogP contribution in [-0.2, 0) is 0 Å². The molecule has 1 aromatic rings. The predicted octanol–water partition coefficient (Wildman–Crippen LogP) is 1.97. The highest BCUT2D eigenvalue weighted by molar-refractivity contribution is 7.99. The van der Waals surface area contributed by atoms with Gasteiger partial charge >= 0.3 is 0 Å². The minimum absolute atomic E-state index is 0.0785. The molecule has 2 rings (SSSR count). The molecular weight excluding hydrogens is 252 g/mol. The van der Waals surface area contributed by atoms with Crippen molar-refractivity contribution in [2.24, 2.45) is 0 Å². The molecule has 0 aromatic carbocycles. The topological polar surface area (TPSA) is 71.3 Å². The van der Waals surface area contributed by atoms with Gasteiger partial charge in [0.05, 0.1) is 17.1 Å². The largest absolute Gasteiger partial charge is 0.373 e. The van der Waals surface area contributed by atoms with Gasteiger partial charge in [0.15, 0.2) is 0 Å². The van der Waals surface area contributed by atoms with Gasteiger partial charge in [0.2, 0.25) is 0 Å². The molecule has 1 saturated heterocycles. The quantitative estimate of drug-likeness (QED) is 0.667. The van der Waals surface area contributed by atoms with Crippen molar-refractivity contribution in [1.29, 1.82) is 0 Å². The summed E-state index contributed by atoms with van der Waals surface area (Å²) in [6.45, 7) is 2.99. The molecule has 1 N–H and O–H groups in total. The van der Waals surface area contributed by atoms with Gasteiger partial charge in [0.25, 0.3) is 5.69 Å². The SMILES string of the molecule is CNc1cc([N+](=O)[O-])cc(N2CCSCC2C)n1. The number of pyridine rings is 1. The number of nitrogens with one attached hydrogen (secondary N) is 1. The maximum atomic E-state index is 10.9. The fourth-order valence-electron chi connectivity index (χ4n) is 1.95. The number of anilines is 2. The summed E-state index contributed by atoms with van der Waals surface area (Å²) in [5, 5.41) is 13.8. The van der Waals surface area contributed by atoms with Gasteiger partial charge in [-0.1, -0.05) is 0 Å². The summed E-state index contributed by atoms with van der Waals surface area (Å²) in [4.78, 5) is 17.1. The molecule has 98 valence electrons. The number of rotatable bonds is 3. The molecular formula is C11H16N4O2S. The van der Waals surface area contributed by atoms with Crippen molar-refractivity contribution in [1.82, 2.24) is 4.98 Å². The van der Waals surface area contributed by atoms with Crippen molar-refractivity contribution in [3.8, 4) is 0 Å². The van der Waals surface area contributed by atoms with Crippen LogP contribution in [0, 0.1) is 10.1 Å². The average Bonchev–Trinajstić information content (AvgIpc) is 2.38. The third-order valence-electron chi connectivity index (χ3n) is 2.93. The van der Waals surface area contributed by atoms with Gasteiger partial charge < -0.3 is 10.2 Å². The normalized spacial score (nSPS) is 19.7. The van der Waals surface area contributed by atoms with Gasteiger partial charge in [-0.15, -0.1) is 0 Å². The Morgan fingerprint density at radius 2 is 2.39 bits per heavy atom. The van der Waals surface area contributed by atoms with E-state index in [0.29, 0.717) is 17.7 Å². The maximum Gasteiger partial charge on any atom is 0.276 e. The third-order valence-corrected chi connectivity index (χ3v) is 4.11. The summed E-state index contributed by atoms with van der Waals surface area (Å²) in [6, 6.07) is 3.35. The molecule has 2 heterocycles. The molecule has 0 amide bonds. The van der Waals surface area contributed by atoms with Crippen LogP contribution in [0.2, 0.25) is 0 Å². The van der Waals surface area contributed by atoms with E-state index in [9.17, 15) is 10.1 Å². The van der Waals surface area contributed by atoms with Crippen LogP contribution in [0.3, 0.4) is 0 Å². The van der Waals surface area contributed by atoms with E-state index in [-0.39, 0.29) is 10.6 Å². The highest BCUT2D eigenvalue weighted by Crippen LogP contribution is 2.27. The summed E-state index contributed by atoms with van der Waals surface area (Å²) in [7, 11) is 1.71. The molecule has 7 heteroatoms. The lowest BCUT2D eigenvalue weighted by molar-refractivity contribution is -0.384. The van der Waals surface area contributed by atoms with E-state index in [2.05, 4.69) is 22.1 Å². The van der Waals surface area contributed by atoms with Crippen LogP contribution in [0.4, 0.5) is 17.3 Å². The number of thioether (sulfide) groups is 1. The Kier molecular flexibility index (Phi) is 3.90. The molecule has 1 atom stereocenters. The zero-order valence-electron chi connectivity index (χ0n) is 10.4. The standard InChI is InChI=1S/C11H16N4O2S/c1-8-7-18-4-3-14(8)11-6-9(15(16)17)5-10(12-2)13-11/h5-6,8H,3-4,7H2,1-2H3,(H,12,13). The zero-order chi connectivity index (χ0) is 13.1. The van der Waals surface area contributed by atoms with Crippen molar-refractivity contribution in [3.63, 3.8) is 0 Å². The molecule has 0 saturated carbocycles. The Balaban J connectivity index is 2.36. The van der Waals surface area contributed by atoms with E-state index < -0.39 is 0 Å². The molecule has 1 fully saturated rings. The molecule has 1 unspecified atom stereocenters. The van der Waals surface area contributed by atoms with Crippen LogP contribution in [0.5, 0.6) is 0 Å². The molecule has 18 heavy (non-hydrogen) atoms. The first-order chi connectivity index (χ1) is 8.61. The Morgan fingerprint density at radius 3 is 3.00 bits per heavy atom. The fraction of sp³-hybridized carbons (Fsp3) is 0.545. The molecule has 1 aliphatic heterocycles.